The second kappa shape index (κ2) is 5.34. The van der Waals surface area contributed by atoms with Gasteiger partial charge in [-0.05, 0) is 18.6 Å². The van der Waals surface area contributed by atoms with Gasteiger partial charge in [-0.2, -0.15) is 0 Å². The lowest BCUT2D eigenvalue weighted by atomic mass is 10.1. The summed E-state index contributed by atoms with van der Waals surface area (Å²) in [6.45, 7) is 1.41. The van der Waals surface area contributed by atoms with Gasteiger partial charge in [0.2, 0.25) is 0 Å². The van der Waals surface area contributed by atoms with Gasteiger partial charge in [0, 0.05) is 18.7 Å². The zero-order valence-electron chi connectivity index (χ0n) is 9.35. The third-order valence-electron chi connectivity index (χ3n) is 2.37. The van der Waals surface area contributed by atoms with E-state index in [-0.39, 0.29) is 6.61 Å². The number of hydrogen-bond donors (Lipinski definition) is 2. The molecule has 1 aliphatic heterocycles. The van der Waals surface area contributed by atoms with Gasteiger partial charge in [-0.15, -0.1) is 0 Å². The number of ether oxygens (including phenoxy) is 1. The van der Waals surface area contributed by atoms with Crippen molar-refractivity contribution in [3.8, 4) is 5.75 Å². The number of benzene rings is 1. The molecule has 0 spiro atoms. The molecule has 0 bridgehead atoms. The number of aliphatic imine (C=N–C) groups is 1. The molecule has 0 unspecified atom stereocenters. The molecule has 5 heteroatoms. The predicted molar refractivity (Wildman–Crippen MR) is 63.6 cm³/mol. The van der Waals surface area contributed by atoms with Crippen molar-refractivity contribution >= 4 is 11.8 Å². The summed E-state index contributed by atoms with van der Waals surface area (Å²) in [5.41, 5.74) is 0.924. The molecule has 0 radical (unpaired) electrons. The molecule has 5 nitrogen and oxygen atoms in total. The quantitative estimate of drug-likeness (QED) is 0.811. The first-order valence-electron chi connectivity index (χ1n) is 5.49. The Morgan fingerprint density at radius 1 is 1.53 bits per heavy atom. The predicted octanol–water partition coefficient (Wildman–Crippen LogP) is 0.890. The maximum Gasteiger partial charge on any atom is 0.341 e. The van der Waals surface area contributed by atoms with Crippen molar-refractivity contribution in [2.75, 3.05) is 19.7 Å². The van der Waals surface area contributed by atoms with E-state index in [1.54, 1.807) is 12.1 Å². The molecule has 17 heavy (non-hydrogen) atoms. The molecule has 0 atom stereocenters. The van der Waals surface area contributed by atoms with Crippen LogP contribution in [0.1, 0.15) is 12.0 Å². The minimum atomic E-state index is -0.983. The highest BCUT2D eigenvalue weighted by atomic mass is 16.5. The number of carbonyl (C=O) groups is 1. The van der Waals surface area contributed by atoms with E-state index in [4.69, 9.17) is 9.84 Å². The summed E-state index contributed by atoms with van der Waals surface area (Å²) in [4.78, 5) is 14.8. The molecule has 2 N–H and O–H groups in total. The van der Waals surface area contributed by atoms with Crippen LogP contribution in [0.2, 0.25) is 0 Å². The molecular formula is C12H14N2O3. The second-order valence-electron chi connectivity index (χ2n) is 3.72. The van der Waals surface area contributed by atoms with Gasteiger partial charge in [-0.1, -0.05) is 12.1 Å². The topological polar surface area (TPSA) is 70.9 Å². The molecule has 1 aromatic carbocycles. The van der Waals surface area contributed by atoms with E-state index in [1.165, 1.54) is 0 Å². The molecule has 0 saturated heterocycles. The second-order valence-corrected chi connectivity index (χ2v) is 3.72. The molecule has 0 aliphatic carbocycles. The molecule has 1 heterocycles. The number of carboxylic acid groups (broad SMARTS) is 1. The number of aliphatic carboxylic acids is 1. The van der Waals surface area contributed by atoms with Crippen molar-refractivity contribution in [3.05, 3.63) is 29.8 Å². The van der Waals surface area contributed by atoms with Gasteiger partial charge < -0.3 is 15.2 Å². The number of hydrogen-bond acceptors (Lipinski definition) is 4. The van der Waals surface area contributed by atoms with Crippen molar-refractivity contribution in [1.29, 1.82) is 0 Å². The van der Waals surface area contributed by atoms with E-state index < -0.39 is 5.97 Å². The van der Waals surface area contributed by atoms with E-state index in [0.29, 0.717) is 5.75 Å². The Morgan fingerprint density at radius 2 is 2.41 bits per heavy atom. The molecule has 0 saturated carbocycles. The van der Waals surface area contributed by atoms with E-state index in [9.17, 15) is 4.79 Å². The lowest BCUT2D eigenvalue weighted by Gasteiger charge is -2.15. The molecule has 0 fully saturated rings. The summed E-state index contributed by atoms with van der Waals surface area (Å²) < 4.78 is 5.12. The van der Waals surface area contributed by atoms with Gasteiger partial charge in [0.25, 0.3) is 0 Å². The minimum Gasteiger partial charge on any atom is -0.482 e. The van der Waals surface area contributed by atoms with Crippen LogP contribution in [0, 0.1) is 0 Å². The first-order chi connectivity index (χ1) is 8.25. The van der Waals surface area contributed by atoms with Gasteiger partial charge in [0.05, 0.1) is 0 Å². The van der Waals surface area contributed by atoms with Gasteiger partial charge in [-0.3, -0.25) is 4.99 Å². The molecular weight excluding hydrogens is 220 g/mol. The fourth-order valence-electron chi connectivity index (χ4n) is 1.60. The van der Waals surface area contributed by atoms with Crippen LogP contribution in [0.4, 0.5) is 0 Å². The Labute approximate surface area is 99.1 Å². The summed E-state index contributed by atoms with van der Waals surface area (Å²) in [6, 6.07) is 7.27. The Kier molecular flexibility index (Phi) is 3.59. The summed E-state index contributed by atoms with van der Waals surface area (Å²) in [5.74, 6) is 0.403. The number of nitrogens with zero attached hydrogens (tertiary/aromatic N) is 1. The van der Waals surface area contributed by atoms with Crippen LogP contribution in [0.15, 0.2) is 29.3 Å². The lowest BCUT2D eigenvalue weighted by molar-refractivity contribution is -0.139. The number of amidine groups is 1. The summed E-state index contributed by atoms with van der Waals surface area (Å²) in [6.07, 6.45) is 1.04. The monoisotopic (exact) mass is 234 g/mol. The van der Waals surface area contributed by atoms with E-state index >= 15 is 0 Å². The fraction of sp³-hybridized carbons (Fsp3) is 0.333. The largest absolute Gasteiger partial charge is 0.482 e. The number of nitrogens with one attached hydrogen (secondary N) is 1. The molecule has 0 aromatic heterocycles. The van der Waals surface area contributed by atoms with Crippen molar-refractivity contribution < 1.29 is 14.6 Å². The van der Waals surface area contributed by atoms with Gasteiger partial charge in [0.15, 0.2) is 6.61 Å². The highest BCUT2D eigenvalue weighted by Crippen LogP contribution is 2.14. The van der Waals surface area contributed by atoms with E-state index in [2.05, 4.69) is 10.3 Å². The lowest BCUT2D eigenvalue weighted by Crippen LogP contribution is -2.30. The van der Waals surface area contributed by atoms with Crippen LogP contribution in [0.5, 0.6) is 5.75 Å². The van der Waals surface area contributed by atoms with E-state index in [0.717, 1.165) is 30.9 Å². The van der Waals surface area contributed by atoms with Crippen molar-refractivity contribution in [1.82, 2.24) is 5.32 Å². The molecule has 90 valence electrons. The molecule has 0 amide bonds. The van der Waals surface area contributed by atoms with Crippen LogP contribution in [-0.4, -0.2) is 36.6 Å². The molecule has 2 rings (SSSR count). The maximum absolute atomic E-state index is 10.4. The zero-order valence-corrected chi connectivity index (χ0v) is 9.35. The average Bonchev–Trinajstić information content (AvgIpc) is 2.38. The first kappa shape index (κ1) is 11.4. The Morgan fingerprint density at radius 3 is 3.12 bits per heavy atom. The Bertz CT molecular complexity index is 443. The smallest absolute Gasteiger partial charge is 0.341 e. The normalized spacial score (nSPS) is 14.7. The van der Waals surface area contributed by atoms with Gasteiger partial charge in [-0.25, -0.2) is 4.79 Å². The molecule has 1 aliphatic rings. The zero-order chi connectivity index (χ0) is 12.1. The number of carboxylic acids is 1. The van der Waals surface area contributed by atoms with Crippen molar-refractivity contribution in [2.24, 2.45) is 4.99 Å². The van der Waals surface area contributed by atoms with Crippen LogP contribution in [-0.2, 0) is 4.79 Å². The third kappa shape index (κ3) is 3.21. The van der Waals surface area contributed by atoms with Gasteiger partial charge >= 0.3 is 5.97 Å². The highest BCUT2D eigenvalue weighted by molar-refractivity contribution is 5.99. The SMILES string of the molecule is O=C(O)COc1cccc(C2=NCCCN2)c1. The average molecular weight is 234 g/mol. The summed E-state index contributed by atoms with van der Waals surface area (Å²) in [7, 11) is 0. The minimum absolute atomic E-state index is 0.330. The third-order valence-corrected chi connectivity index (χ3v) is 2.37. The van der Waals surface area contributed by atoms with Crippen LogP contribution >= 0.6 is 0 Å². The van der Waals surface area contributed by atoms with Crippen LogP contribution in [0.3, 0.4) is 0 Å². The van der Waals surface area contributed by atoms with Gasteiger partial charge in [0.1, 0.15) is 11.6 Å². The fourth-order valence-corrected chi connectivity index (χ4v) is 1.60. The van der Waals surface area contributed by atoms with Crippen LogP contribution in [0.25, 0.3) is 0 Å². The first-order valence-corrected chi connectivity index (χ1v) is 5.49. The molecule has 1 aromatic rings. The van der Waals surface area contributed by atoms with Crippen LogP contribution < -0.4 is 10.1 Å². The highest BCUT2D eigenvalue weighted by Gasteiger charge is 2.08. The van der Waals surface area contributed by atoms with Crippen molar-refractivity contribution in [3.63, 3.8) is 0 Å². The van der Waals surface area contributed by atoms with Crippen molar-refractivity contribution in [2.45, 2.75) is 6.42 Å². The summed E-state index contributed by atoms with van der Waals surface area (Å²) in [5, 5.41) is 11.7. The summed E-state index contributed by atoms with van der Waals surface area (Å²) >= 11 is 0. The Hall–Kier alpha value is -2.04. The standard InChI is InChI=1S/C12H14N2O3/c15-11(16)8-17-10-4-1-3-9(7-10)12-13-5-2-6-14-12/h1,3-4,7H,2,5-6,8H2,(H,13,14)(H,15,16). The number of rotatable bonds is 4. The van der Waals surface area contributed by atoms with E-state index in [1.807, 2.05) is 12.1 Å². The maximum atomic E-state index is 10.4. The Balaban J connectivity index is 2.10.